The summed E-state index contributed by atoms with van der Waals surface area (Å²) in [5.41, 5.74) is 2.96. The molecule has 116 valence electrons. The highest BCUT2D eigenvalue weighted by Gasteiger charge is 2.09. The molecule has 0 saturated carbocycles. The van der Waals surface area contributed by atoms with Crippen molar-refractivity contribution < 1.29 is 14.6 Å². The maximum absolute atomic E-state index is 10.1. The summed E-state index contributed by atoms with van der Waals surface area (Å²) in [5.74, 6) is 0.806. The van der Waals surface area contributed by atoms with Gasteiger partial charge < -0.3 is 14.6 Å². The van der Waals surface area contributed by atoms with Gasteiger partial charge in [0.15, 0.2) is 6.79 Å². The van der Waals surface area contributed by atoms with Crippen molar-refractivity contribution in [2.75, 3.05) is 13.4 Å². The Bertz CT molecular complexity index is 529. The third kappa shape index (κ3) is 6.68. The van der Waals surface area contributed by atoms with Crippen molar-refractivity contribution in [1.29, 1.82) is 0 Å². The first-order valence-electron chi connectivity index (χ1n) is 6.66. The normalized spacial score (nSPS) is 10.1. The molecule has 1 aromatic rings. The number of aromatic hydroxyl groups is 1. The molecular weight excluding hydrogens is 400 g/mol. The van der Waals surface area contributed by atoms with Crippen molar-refractivity contribution in [1.82, 2.24) is 0 Å². The lowest BCUT2D eigenvalue weighted by Crippen LogP contribution is -2.04. The van der Waals surface area contributed by atoms with E-state index in [1.165, 1.54) is 5.57 Å². The second-order valence-corrected chi connectivity index (χ2v) is 7.47. The molecule has 0 radical (unpaired) electrons. The van der Waals surface area contributed by atoms with Crippen LogP contribution in [0.2, 0.25) is 0 Å². The van der Waals surface area contributed by atoms with Gasteiger partial charge in [0.05, 0.1) is 3.39 Å². The zero-order valence-electron chi connectivity index (χ0n) is 12.5. The second kappa shape index (κ2) is 9.28. The quantitative estimate of drug-likeness (QED) is 0.367. The van der Waals surface area contributed by atoms with Crippen molar-refractivity contribution in [3.8, 4) is 11.5 Å². The highest BCUT2D eigenvalue weighted by molar-refractivity contribution is 9.28. The minimum atomic E-state index is 0.166. The maximum Gasteiger partial charge on any atom is 0.189 e. The number of hydrogen-bond donors (Lipinski definition) is 1. The molecule has 0 amide bonds. The van der Waals surface area contributed by atoms with Crippen LogP contribution >= 0.6 is 31.9 Å². The van der Waals surface area contributed by atoms with Gasteiger partial charge in [-0.05, 0) is 76.8 Å². The van der Waals surface area contributed by atoms with Crippen LogP contribution < -0.4 is 4.74 Å². The third-order valence-corrected chi connectivity index (χ3v) is 3.16. The van der Waals surface area contributed by atoms with Gasteiger partial charge in [-0.2, -0.15) is 0 Å². The Balaban J connectivity index is 3.11. The molecule has 21 heavy (non-hydrogen) atoms. The van der Waals surface area contributed by atoms with E-state index in [1.807, 2.05) is 13.0 Å². The lowest BCUT2D eigenvalue weighted by Gasteiger charge is -2.13. The number of ether oxygens (including phenoxy) is 2. The van der Waals surface area contributed by atoms with E-state index < -0.39 is 0 Å². The average molecular weight is 420 g/mol. The van der Waals surface area contributed by atoms with E-state index in [0.717, 1.165) is 20.9 Å². The fourth-order valence-electron chi connectivity index (χ4n) is 1.66. The van der Waals surface area contributed by atoms with Crippen LogP contribution in [0.4, 0.5) is 0 Å². The van der Waals surface area contributed by atoms with Gasteiger partial charge in [-0.1, -0.05) is 11.6 Å². The minimum absolute atomic E-state index is 0.166. The maximum atomic E-state index is 10.1. The Morgan fingerprint density at radius 3 is 2.57 bits per heavy atom. The van der Waals surface area contributed by atoms with Crippen LogP contribution in [0.15, 0.2) is 27.2 Å². The Labute approximate surface area is 142 Å². The Morgan fingerprint density at radius 1 is 1.29 bits per heavy atom. The largest absolute Gasteiger partial charge is 0.507 e. The van der Waals surface area contributed by atoms with Crippen LogP contribution in [0.1, 0.15) is 31.9 Å². The Morgan fingerprint density at radius 2 is 2.00 bits per heavy atom. The van der Waals surface area contributed by atoms with Crippen LogP contribution in [-0.2, 0) is 11.2 Å². The smallest absolute Gasteiger partial charge is 0.189 e. The molecular formula is C16H20Br2O3. The molecule has 0 saturated heterocycles. The molecule has 0 aliphatic carbocycles. The molecule has 1 N–H and O–H groups in total. The van der Waals surface area contributed by atoms with Crippen molar-refractivity contribution >= 4 is 37.9 Å². The van der Waals surface area contributed by atoms with Crippen LogP contribution in [0.25, 0.3) is 6.08 Å². The predicted octanol–water partition coefficient (Wildman–Crippen LogP) is 5.36. The molecule has 5 heteroatoms. The molecule has 1 rings (SSSR count). The van der Waals surface area contributed by atoms with E-state index >= 15 is 0 Å². The summed E-state index contributed by atoms with van der Waals surface area (Å²) in [6.45, 7) is 6.78. The topological polar surface area (TPSA) is 38.7 Å². The van der Waals surface area contributed by atoms with Gasteiger partial charge >= 0.3 is 0 Å². The molecule has 0 fully saturated rings. The van der Waals surface area contributed by atoms with Crippen molar-refractivity contribution in [3.05, 3.63) is 38.3 Å². The number of benzene rings is 1. The van der Waals surface area contributed by atoms with E-state index in [9.17, 15) is 5.11 Å². The van der Waals surface area contributed by atoms with Gasteiger partial charge in [-0.15, -0.1) is 0 Å². The highest BCUT2D eigenvalue weighted by atomic mass is 79.9. The lowest BCUT2D eigenvalue weighted by atomic mass is 10.0. The van der Waals surface area contributed by atoms with Gasteiger partial charge in [-0.3, -0.25) is 0 Å². The summed E-state index contributed by atoms with van der Waals surface area (Å²) in [6.07, 6.45) is 4.66. The third-order valence-electron chi connectivity index (χ3n) is 2.71. The SMILES string of the molecule is CCOCOc1cc(O)c(C=C(Br)Br)cc1CC=C(C)C. The van der Waals surface area contributed by atoms with Gasteiger partial charge in [0.2, 0.25) is 0 Å². The number of rotatable bonds is 7. The fourth-order valence-corrected chi connectivity index (χ4v) is 2.16. The molecule has 3 nitrogen and oxygen atoms in total. The minimum Gasteiger partial charge on any atom is -0.507 e. The van der Waals surface area contributed by atoms with E-state index in [-0.39, 0.29) is 12.5 Å². The molecule has 1 aromatic carbocycles. The molecule has 0 heterocycles. The van der Waals surface area contributed by atoms with E-state index in [1.54, 1.807) is 12.1 Å². The van der Waals surface area contributed by atoms with Crippen LogP contribution in [-0.4, -0.2) is 18.5 Å². The van der Waals surface area contributed by atoms with Crippen LogP contribution in [0.5, 0.6) is 11.5 Å². The summed E-state index contributed by atoms with van der Waals surface area (Å²) >= 11 is 6.61. The van der Waals surface area contributed by atoms with Gasteiger partial charge in [0.1, 0.15) is 11.5 Å². The van der Waals surface area contributed by atoms with E-state index in [2.05, 4.69) is 51.8 Å². The van der Waals surface area contributed by atoms with Crippen molar-refractivity contribution in [2.24, 2.45) is 0 Å². The number of hydrogen-bond acceptors (Lipinski definition) is 3. The Hall–Kier alpha value is -0.780. The predicted molar refractivity (Wildman–Crippen MR) is 94.2 cm³/mol. The zero-order valence-corrected chi connectivity index (χ0v) is 15.6. The molecule has 0 bridgehead atoms. The standard InChI is InChI=1S/C16H20Br2O3/c1-4-20-10-21-15-9-14(19)13(8-16(17)18)7-12(15)6-5-11(2)3/h5,7-9,19H,4,6,10H2,1-3H3. The van der Waals surface area contributed by atoms with Gasteiger partial charge in [-0.25, -0.2) is 0 Å². The van der Waals surface area contributed by atoms with E-state index in [0.29, 0.717) is 12.4 Å². The summed E-state index contributed by atoms with van der Waals surface area (Å²) in [5, 5.41) is 10.1. The zero-order chi connectivity index (χ0) is 15.8. The summed E-state index contributed by atoms with van der Waals surface area (Å²) < 4.78 is 11.6. The van der Waals surface area contributed by atoms with Crippen LogP contribution in [0.3, 0.4) is 0 Å². The molecule has 0 aliphatic rings. The lowest BCUT2D eigenvalue weighted by molar-refractivity contribution is 0.0218. The molecule has 0 unspecified atom stereocenters. The number of halogens is 2. The highest BCUT2D eigenvalue weighted by Crippen LogP contribution is 2.32. The second-order valence-electron chi connectivity index (χ2n) is 4.69. The monoisotopic (exact) mass is 418 g/mol. The fraction of sp³-hybridized carbons (Fsp3) is 0.375. The molecule has 0 spiro atoms. The molecule has 0 aliphatic heterocycles. The average Bonchev–Trinajstić information content (AvgIpc) is 2.39. The van der Waals surface area contributed by atoms with Crippen LogP contribution in [0, 0.1) is 0 Å². The van der Waals surface area contributed by atoms with Crippen molar-refractivity contribution in [3.63, 3.8) is 0 Å². The summed E-state index contributed by atoms with van der Waals surface area (Å²) in [6, 6.07) is 3.54. The van der Waals surface area contributed by atoms with Gasteiger partial charge in [0.25, 0.3) is 0 Å². The van der Waals surface area contributed by atoms with Gasteiger partial charge in [0, 0.05) is 18.2 Å². The molecule has 0 atom stereocenters. The van der Waals surface area contributed by atoms with Crippen molar-refractivity contribution in [2.45, 2.75) is 27.2 Å². The number of phenols is 1. The first kappa shape index (κ1) is 18.3. The number of allylic oxidation sites excluding steroid dienone is 2. The molecule has 0 aromatic heterocycles. The van der Waals surface area contributed by atoms with E-state index in [4.69, 9.17) is 9.47 Å². The summed E-state index contributed by atoms with van der Waals surface area (Å²) in [7, 11) is 0. The number of phenolic OH excluding ortho intramolecular Hbond substituents is 1. The first-order valence-corrected chi connectivity index (χ1v) is 8.25. The first-order chi connectivity index (χ1) is 9.93. The summed E-state index contributed by atoms with van der Waals surface area (Å²) in [4.78, 5) is 0. The Kier molecular flexibility index (Phi) is 8.07.